The van der Waals surface area contributed by atoms with Crippen LogP contribution in [0.2, 0.25) is 0 Å². The van der Waals surface area contributed by atoms with Crippen LogP contribution in [0.5, 0.6) is 11.5 Å². The van der Waals surface area contributed by atoms with E-state index < -0.39 is 54.4 Å². The van der Waals surface area contributed by atoms with Gasteiger partial charge in [0.05, 0.1) is 19.3 Å². The Labute approximate surface area is 229 Å². The summed E-state index contributed by atoms with van der Waals surface area (Å²) in [5.74, 6) is -2.34. The molecule has 0 bridgehead atoms. The lowest BCUT2D eigenvalue weighted by Gasteiger charge is -2.37. The van der Waals surface area contributed by atoms with Crippen LogP contribution in [0.1, 0.15) is 16.7 Å². The summed E-state index contributed by atoms with van der Waals surface area (Å²) in [7, 11) is 1.02. The van der Waals surface area contributed by atoms with Gasteiger partial charge in [-0.25, -0.2) is 9.59 Å². The van der Waals surface area contributed by atoms with Crippen molar-refractivity contribution in [2.24, 2.45) is 0 Å². The van der Waals surface area contributed by atoms with Crippen molar-refractivity contribution in [2.75, 3.05) is 13.7 Å². The van der Waals surface area contributed by atoms with Crippen molar-refractivity contribution in [3.8, 4) is 11.5 Å². The molecule has 8 nitrogen and oxygen atoms in total. The van der Waals surface area contributed by atoms with Crippen molar-refractivity contribution in [1.29, 1.82) is 0 Å². The van der Waals surface area contributed by atoms with Gasteiger partial charge in [-0.2, -0.15) is 0 Å². The van der Waals surface area contributed by atoms with Crippen LogP contribution in [0.3, 0.4) is 0 Å². The van der Waals surface area contributed by atoms with Crippen LogP contribution in [0.4, 0.5) is 31.1 Å². The van der Waals surface area contributed by atoms with E-state index >= 15 is 0 Å². The van der Waals surface area contributed by atoms with Gasteiger partial charge >= 0.3 is 24.7 Å². The molecule has 14 heteroatoms. The molecule has 0 fully saturated rings. The molecule has 0 aromatic heterocycles. The Kier molecular flexibility index (Phi) is 9.71. The van der Waals surface area contributed by atoms with Crippen molar-refractivity contribution in [3.63, 3.8) is 0 Å². The lowest BCUT2D eigenvalue weighted by atomic mass is 9.77. The minimum Gasteiger partial charge on any atom is -0.467 e. The van der Waals surface area contributed by atoms with Crippen LogP contribution in [0, 0.1) is 0 Å². The van der Waals surface area contributed by atoms with E-state index in [1.54, 1.807) is 30.3 Å². The predicted molar refractivity (Wildman–Crippen MR) is 132 cm³/mol. The van der Waals surface area contributed by atoms with Crippen LogP contribution in [0.25, 0.3) is 0 Å². The van der Waals surface area contributed by atoms with Gasteiger partial charge in [-0.15, -0.1) is 26.3 Å². The second kappa shape index (κ2) is 12.8. The molecular formula is C27H24F6N2O6. The number of hydrogen-bond acceptors (Lipinski definition) is 6. The van der Waals surface area contributed by atoms with Gasteiger partial charge in [0.25, 0.3) is 0 Å². The van der Waals surface area contributed by atoms with Crippen LogP contribution in [-0.4, -0.2) is 49.6 Å². The summed E-state index contributed by atoms with van der Waals surface area (Å²) in [6, 6.07) is 14.6. The zero-order valence-corrected chi connectivity index (χ0v) is 21.3. The number of alkyl halides is 6. The highest BCUT2D eigenvalue weighted by Crippen LogP contribution is 2.38. The van der Waals surface area contributed by atoms with E-state index in [1.807, 2.05) is 0 Å². The molecule has 3 N–H and O–H groups in total. The van der Waals surface area contributed by atoms with Gasteiger partial charge < -0.3 is 30.0 Å². The SMILES string of the molecule is COC(=O)C(CO)NC(=O)NC(Cc1ccccc1)(c1cccc(OC(F)(F)F)c1)c1cccc(OC(F)(F)F)c1. The summed E-state index contributed by atoms with van der Waals surface area (Å²) in [5, 5.41) is 14.3. The van der Waals surface area contributed by atoms with Gasteiger partial charge in [0.1, 0.15) is 11.5 Å². The highest BCUT2D eigenvalue weighted by molar-refractivity contribution is 5.84. The normalized spacial score (nSPS) is 12.7. The fraction of sp³-hybridized carbons (Fsp3) is 0.259. The smallest absolute Gasteiger partial charge is 0.467 e. The van der Waals surface area contributed by atoms with E-state index in [0.717, 1.165) is 31.4 Å². The molecule has 0 aliphatic carbocycles. The first kappa shape index (κ1) is 31.1. The topological polar surface area (TPSA) is 106 Å². The fourth-order valence-corrected chi connectivity index (χ4v) is 4.09. The molecule has 0 saturated heterocycles. The summed E-state index contributed by atoms with van der Waals surface area (Å²) in [6.45, 7) is -0.865. The van der Waals surface area contributed by atoms with Crippen molar-refractivity contribution in [1.82, 2.24) is 10.6 Å². The third-order valence-corrected chi connectivity index (χ3v) is 5.73. The zero-order valence-electron chi connectivity index (χ0n) is 21.3. The first-order valence-corrected chi connectivity index (χ1v) is 11.8. The molecule has 3 aromatic carbocycles. The van der Waals surface area contributed by atoms with Crippen LogP contribution in [-0.2, 0) is 21.5 Å². The average molecular weight is 586 g/mol. The van der Waals surface area contributed by atoms with E-state index in [1.165, 1.54) is 24.3 Å². The molecule has 0 radical (unpaired) electrons. The minimum absolute atomic E-state index is 0.0268. The maximum absolute atomic E-state index is 13.2. The van der Waals surface area contributed by atoms with Gasteiger partial charge in [0.2, 0.25) is 0 Å². The Morgan fingerprint density at radius 2 is 1.32 bits per heavy atom. The summed E-state index contributed by atoms with van der Waals surface area (Å²) >= 11 is 0. The highest BCUT2D eigenvalue weighted by atomic mass is 19.4. The van der Waals surface area contributed by atoms with E-state index in [-0.39, 0.29) is 17.5 Å². The number of aliphatic hydroxyl groups is 1. The number of esters is 1. The monoisotopic (exact) mass is 586 g/mol. The van der Waals surface area contributed by atoms with Gasteiger partial charge in [-0.1, -0.05) is 54.6 Å². The zero-order chi connectivity index (χ0) is 30.3. The maximum Gasteiger partial charge on any atom is 0.573 e. The van der Waals surface area contributed by atoms with Gasteiger partial charge in [0.15, 0.2) is 6.04 Å². The number of urea groups is 1. The number of rotatable bonds is 10. The lowest BCUT2D eigenvalue weighted by molar-refractivity contribution is -0.275. The standard InChI is InChI=1S/C27H24F6N2O6/c1-39-23(37)22(16-36)34-24(38)35-25(15-17-7-3-2-4-8-17,18-9-5-11-20(13-18)40-26(28,29)30)19-10-6-12-21(14-19)41-27(31,32)33/h2-14,22,36H,15-16H2,1H3,(H2,34,35,38). The van der Waals surface area contributed by atoms with Gasteiger partial charge in [-0.3, -0.25) is 0 Å². The minimum atomic E-state index is -5.07. The Morgan fingerprint density at radius 3 is 1.76 bits per heavy atom. The van der Waals surface area contributed by atoms with Crippen molar-refractivity contribution in [2.45, 2.75) is 30.7 Å². The van der Waals surface area contributed by atoms with Gasteiger partial charge in [-0.05, 0) is 41.0 Å². The van der Waals surface area contributed by atoms with Crippen LogP contribution < -0.4 is 20.1 Å². The second-order valence-electron chi connectivity index (χ2n) is 8.58. The fourth-order valence-electron chi connectivity index (χ4n) is 4.09. The Balaban J connectivity index is 2.24. The molecule has 3 aromatic rings. The van der Waals surface area contributed by atoms with E-state index in [4.69, 9.17) is 0 Å². The first-order chi connectivity index (χ1) is 19.2. The van der Waals surface area contributed by atoms with Crippen molar-refractivity contribution < 1.29 is 55.2 Å². The predicted octanol–water partition coefficient (Wildman–Crippen LogP) is 4.80. The first-order valence-electron chi connectivity index (χ1n) is 11.8. The number of halogens is 6. The molecule has 220 valence electrons. The summed E-state index contributed by atoms with van der Waals surface area (Å²) in [6.07, 6.45) is -10.3. The number of carbonyl (C=O) groups excluding carboxylic acids is 2. The van der Waals surface area contributed by atoms with E-state index in [2.05, 4.69) is 24.8 Å². The molecule has 0 heterocycles. The molecule has 0 aliphatic heterocycles. The Hall–Kier alpha value is -4.46. The number of amides is 2. The number of nitrogens with one attached hydrogen (secondary N) is 2. The Morgan fingerprint density at radius 1 is 0.805 bits per heavy atom. The number of hydrogen-bond donors (Lipinski definition) is 3. The molecule has 0 aliphatic rings. The van der Waals surface area contributed by atoms with Crippen molar-refractivity contribution >= 4 is 12.0 Å². The lowest BCUT2D eigenvalue weighted by Crippen LogP contribution is -2.56. The third-order valence-electron chi connectivity index (χ3n) is 5.73. The molecule has 3 rings (SSSR count). The molecule has 1 unspecified atom stereocenters. The quantitative estimate of drug-likeness (QED) is 0.233. The number of ether oxygens (including phenoxy) is 3. The number of carbonyl (C=O) groups is 2. The molecule has 0 spiro atoms. The highest BCUT2D eigenvalue weighted by Gasteiger charge is 2.40. The Bertz CT molecular complexity index is 1270. The van der Waals surface area contributed by atoms with Crippen LogP contribution in [0.15, 0.2) is 78.9 Å². The largest absolute Gasteiger partial charge is 0.573 e. The summed E-state index contributed by atoms with van der Waals surface area (Å²) in [5.41, 5.74) is -1.41. The third kappa shape index (κ3) is 8.76. The molecule has 41 heavy (non-hydrogen) atoms. The maximum atomic E-state index is 13.2. The number of aliphatic hydroxyl groups excluding tert-OH is 1. The van der Waals surface area contributed by atoms with Gasteiger partial charge in [0, 0.05) is 6.42 Å². The molecule has 0 saturated carbocycles. The average Bonchev–Trinajstić information content (AvgIpc) is 2.90. The second-order valence-corrected chi connectivity index (χ2v) is 8.58. The molecular weight excluding hydrogens is 562 g/mol. The number of benzene rings is 3. The van der Waals surface area contributed by atoms with Crippen molar-refractivity contribution in [3.05, 3.63) is 95.6 Å². The summed E-state index contributed by atoms with van der Waals surface area (Å²) in [4.78, 5) is 25.2. The van der Waals surface area contributed by atoms with E-state index in [0.29, 0.717) is 5.56 Å². The van der Waals surface area contributed by atoms with Crippen LogP contribution >= 0.6 is 0 Å². The molecule has 1 atom stereocenters. The molecule has 2 amide bonds. The summed E-state index contributed by atoms with van der Waals surface area (Å²) < 4.78 is 91.0. The number of methoxy groups -OCH3 is 1. The van der Waals surface area contributed by atoms with E-state index in [9.17, 15) is 41.0 Å².